The van der Waals surface area contributed by atoms with Gasteiger partial charge in [0.25, 0.3) is 5.91 Å². The third kappa shape index (κ3) is 2.80. The molecule has 1 aromatic heterocycles. The molecule has 1 amide bonds. The van der Waals surface area contributed by atoms with Crippen LogP contribution in [0.25, 0.3) is 5.69 Å². The van der Waals surface area contributed by atoms with Crippen molar-refractivity contribution in [2.75, 3.05) is 13.1 Å². The molecule has 0 bridgehead atoms. The van der Waals surface area contributed by atoms with Crippen LogP contribution in [0, 0.1) is 0 Å². The summed E-state index contributed by atoms with van der Waals surface area (Å²) in [5.41, 5.74) is 7.37. The van der Waals surface area contributed by atoms with Crippen molar-refractivity contribution in [2.24, 2.45) is 5.73 Å². The number of carbonyl (C=O) groups is 1. The molecule has 1 aliphatic rings. The fourth-order valence-corrected chi connectivity index (χ4v) is 2.78. The highest BCUT2D eigenvalue weighted by molar-refractivity contribution is 5.94. The molecule has 0 unspecified atom stereocenters. The van der Waals surface area contributed by atoms with E-state index in [0.717, 1.165) is 31.5 Å². The van der Waals surface area contributed by atoms with Gasteiger partial charge in [-0.2, -0.15) is 5.10 Å². The number of nitrogens with two attached hydrogens (primary N) is 1. The number of rotatable bonds is 3. The average molecular weight is 285 g/mol. The maximum atomic E-state index is 12.6. The second-order valence-electron chi connectivity index (χ2n) is 5.27. The summed E-state index contributed by atoms with van der Waals surface area (Å²) < 4.78 is 1.66. The van der Waals surface area contributed by atoms with Crippen molar-refractivity contribution in [3.63, 3.8) is 0 Å². The van der Waals surface area contributed by atoms with Crippen molar-refractivity contribution >= 4 is 5.91 Å². The molecule has 0 saturated carbocycles. The highest BCUT2D eigenvalue weighted by atomic mass is 16.2. The predicted molar refractivity (Wildman–Crippen MR) is 79.1 cm³/mol. The number of amides is 1. The SMILES string of the molecule is NC[C@H]1CCCCN1C(=O)c1ccc(-n2cncn2)cc1. The van der Waals surface area contributed by atoms with Crippen LogP contribution in [0.4, 0.5) is 0 Å². The zero-order valence-corrected chi connectivity index (χ0v) is 11.9. The van der Waals surface area contributed by atoms with Gasteiger partial charge < -0.3 is 10.6 Å². The molecule has 1 aliphatic heterocycles. The molecule has 2 heterocycles. The molecule has 6 heteroatoms. The summed E-state index contributed by atoms with van der Waals surface area (Å²) in [6, 6.07) is 7.59. The molecule has 1 aromatic carbocycles. The molecule has 110 valence electrons. The average Bonchev–Trinajstić information content (AvgIpc) is 3.09. The molecular formula is C15H19N5O. The molecule has 1 fully saturated rings. The maximum Gasteiger partial charge on any atom is 0.254 e. The van der Waals surface area contributed by atoms with Crippen LogP contribution in [0.2, 0.25) is 0 Å². The second kappa shape index (κ2) is 6.05. The van der Waals surface area contributed by atoms with Crippen LogP contribution in [-0.4, -0.2) is 44.7 Å². The van der Waals surface area contributed by atoms with E-state index in [1.54, 1.807) is 11.0 Å². The first kappa shape index (κ1) is 13.8. The summed E-state index contributed by atoms with van der Waals surface area (Å²) in [6.07, 6.45) is 6.32. The van der Waals surface area contributed by atoms with Gasteiger partial charge in [-0.05, 0) is 43.5 Å². The Kier molecular flexibility index (Phi) is 3.96. The second-order valence-corrected chi connectivity index (χ2v) is 5.27. The molecule has 0 radical (unpaired) electrons. The number of hydrogen-bond acceptors (Lipinski definition) is 4. The molecule has 21 heavy (non-hydrogen) atoms. The van der Waals surface area contributed by atoms with Gasteiger partial charge in [0.1, 0.15) is 12.7 Å². The smallest absolute Gasteiger partial charge is 0.254 e. The van der Waals surface area contributed by atoms with Crippen molar-refractivity contribution in [2.45, 2.75) is 25.3 Å². The van der Waals surface area contributed by atoms with Crippen molar-refractivity contribution in [3.8, 4) is 5.69 Å². The summed E-state index contributed by atoms with van der Waals surface area (Å²) in [4.78, 5) is 18.4. The lowest BCUT2D eigenvalue weighted by atomic mass is 10.0. The lowest BCUT2D eigenvalue weighted by Gasteiger charge is -2.35. The molecule has 6 nitrogen and oxygen atoms in total. The number of aromatic nitrogens is 3. The van der Waals surface area contributed by atoms with Gasteiger partial charge in [-0.25, -0.2) is 9.67 Å². The van der Waals surface area contributed by atoms with Gasteiger partial charge >= 0.3 is 0 Å². The Hall–Kier alpha value is -2.21. The zero-order chi connectivity index (χ0) is 14.7. The Balaban J connectivity index is 1.78. The van der Waals surface area contributed by atoms with Gasteiger partial charge in [-0.15, -0.1) is 0 Å². The predicted octanol–water partition coefficient (Wildman–Crippen LogP) is 1.22. The highest BCUT2D eigenvalue weighted by Gasteiger charge is 2.26. The van der Waals surface area contributed by atoms with E-state index in [2.05, 4.69) is 10.1 Å². The molecule has 0 spiro atoms. The molecule has 2 aromatic rings. The lowest BCUT2D eigenvalue weighted by molar-refractivity contribution is 0.0623. The Labute approximate surface area is 123 Å². The number of benzene rings is 1. The van der Waals surface area contributed by atoms with E-state index in [1.165, 1.54) is 6.33 Å². The third-order valence-corrected chi connectivity index (χ3v) is 3.96. The quantitative estimate of drug-likeness (QED) is 0.920. The fraction of sp³-hybridized carbons (Fsp3) is 0.400. The topological polar surface area (TPSA) is 77.0 Å². The molecule has 1 saturated heterocycles. The van der Waals surface area contributed by atoms with Crippen molar-refractivity contribution in [1.29, 1.82) is 0 Å². The van der Waals surface area contributed by atoms with Crippen LogP contribution < -0.4 is 5.73 Å². The highest BCUT2D eigenvalue weighted by Crippen LogP contribution is 2.19. The number of hydrogen-bond donors (Lipinski definition) is 1. The molecule has 3 rings (SSSR count). The molecule has 1 atom stereocenters. The number of piperidine rings is 1. The Morgan fingerprint density at radius 3 is 2.76 bits per heavy atom. The summed E-state index contributed by atoms with van der Waals surface area (Å²) in [5.74, 6) is 0.0651. The number of nitrogens with zero attached hydrogens (tertiary/aromatic N) is 4. The molecular weight excluding hydrogens is 266 g/mol. The van der Waals surface area contributed by atoms with Gasteiger partial charge in [0.05, 0.1) is 5.69 Å². The maximum absolute atomic E-state index is 12.6. The first-order valence-corrected chi connectivity index (χ1v) is 7.25. The third-order valence-electron chi connectivity index (χ3n) is 3.96. The largest absolute Gasteiger partial charge is 0.334 e. The number of carbonyl (C=O) groups excluding carboxylic acids is 1. The van der Waals surface area contributed by atoms with Crippen molar-refractivity contribution < 1.29 is 4.79 Å². The zero-order valence-electron chi connectivity index (χ0n) is 11.9. The Morgan fingerprint density at radius 1 is 1.29 bits per heavy atom. The van der Waals surface area contributed by atoms with Crippen LogP contribution in [0.3, 0.4) is 0 Å². The lowest BCUT2D eigenvalue weighted by Crippen LogP contribution is -2.47. The summed E-state index contributed by atoms with van der Waals surface area (Å²) in [7, 11) is 0. The minimum absolute atomic E-state index is 0.0651. The van der Waals surface area contributed by atoms with E-state index < -0.39 is 0 Å². The number of likely N-dealkylation sites (tertiary alicyclic amines) is 1. The van der Waals surface area contributed by atoms with Gasteiger partial charge in [-0.3, -0.25) is 4.79 Å². The van der Waals surface area contributed by atoms with E-state index in [1.807, 2.05) is 29.2 Å². The van der Waals surface area contributed by atoms with E-state index in [0.29, 0.717) is 12.1 Å². The van der Waals surface area contributed by atoms with E-state index in [-0.39, 0.29) is 11.9 Å². The van der Waals surface area contributed by atoms with Crippen LogP contribution in [0.15, 0.2) is 36.9 Å². The first-order chi connectivity index (χ1) is 10.3. The van der Waals surface area contributed by atoms with E-state index in [9.17, 15) is 4.79 Å². The summed E-state index contributed by atoms with van der Waals surface area (Å²) in [6.45, 7) is 1.33. The van der Waals surface area contributed by atoms with Crippen molar-refractivity contribution in [1.82, 2.24) is 19.7 Å². The minimum Gasteiger partial charge on any atom is -0.334 e. The van der Waals surface area contributed by atoms with Gasteiger partial charge in [-0.1, -0.05) is 0 Å². The fourth-order valence-electron chi connectivity index (χ4n) is 2.78. The Morgan fingerprint density at radius 2 is 2.10 bits per heavy atom. The van der Waals surface area contributed by atoms with E-state index >= 15 is 0 Å². The first-order valence-electron chi connectivity index (χ1n) is 7.25. The minimum atomic E-state index is 0.0651. The summed E-state index contributed by atoms with van der Waals surface area (Å²) in [5, 5.41) is 4.07. The van der Waals surface area contributed by atoms with Gasteiger partial charge in [0, 0.05) is 24.7 Å². The van der Waals surface area contributed by atoms with Crippen LogP contribution in [0.1, 0.15) is 29.6 Å². The standard InChI is InChI=1S/C15H19N5O/c16-9-14-3-1-2-8-19(14)15(21)12-4-6-13(7-5-12)20-11-17-10-18-20/h4-7,10-11,14H,1-3,8-9,16H2/t14-/m1/s1. The monoisotopic (exact) mass is 285 g/mol. The summed E-state index contributed by atoms with van der Waals surface area (Å²) >= 11 is 0. The van der Waals surface area contributed by atoms with E-state index in [4.69, 9.17) is 5.73 Å². The van der Waals surface area contributed by atoms with Crippen LogP contribution >= 0.6 is 0 Å². The van der Waals surface area contributed by atoms with Crippen LogP contribution in [-0.2, 0) is 0 Å². The van der Waals surface area contributed by atoms with Crippen LogP contribution in [0.5, 0.6) is 0 Å². The van der Waals surface area contributed by atoms with Crippen molar-refractivity contribution in [3.05, 3.63) is 42.5 Å². The van der Waals surface area contributed by atoms with Gasteiger partial charge in [0.2, 0.25) is 0 Å². The molecule has 0 aliphatic carbocycles. The normalized spacial score (nSPS) is 18.7. The molecule has 2 N–H and O–H groups in total. The Bertz CT molecular complexity index is 593. The van der Waals surface area contributed by atoms with Gasteiger partial charge in [0.15, 0.2) is 0 Å².